The maximum atomic E-state index is 14.1. The maximum Gasteiger partial charge on any atom is 0.252 e. The molecule has 0 aliphatic heterocycles. The van der Waals surface area contributed by atoms with Gasteiger partial charge in [-0.25, -0.2) is 9.97 Å². The molecule has 3 rings (SSSR count). The summed E-state index contributed by atoms with van der Waals surface area (Å²) in [5.41, 5.74) is 5.69. The molecule has 4 nitrogen and oxygen atoms in total. The van der Waals surface area contributed by atoms with Gasteiger partial charge in [0.15, 0.2) is 12.9 Å². The molecule has 0 aliphatic rings. The van der Waals surface area contributed by atoms with Gasteiger partial charge in [-0.15, -0.1) is 9.36 Å². The zero-order chi connectivity index (χ0) is 21.7. The zero-order valence-corrected chi connectivity index (χ0v) is 19.1. The summed E-state index contributed by atoms with van der Waals surface area (Å²) in [6.07, 6.45) is 0. The standard InChI is InChI=1S/C24H32FN4/c1-15-10-11-16(12-17(15)18-13-21(25)29(9)28(18)8)22-26-19(23(2,3)4)14-20(27-22)24(5,6)7/h10-14H,1-9H3/q+1. The topological polar surface area (TPSA) is 34.6 Å². The molecule has 0 spiro atoms. The molecule has 154 valence electrons. The minimum atomic E-state index is -0.270. The van der Waals surface area contributed by atoms with E-state index in [-0.39, 0.29) is 16.8 Å². The predicted octanol–water partition coefficient (Wildman–Crippen LogP) is 5.02. The van der Waals surface area contributed by atoms with Gasteiger partial charge in [-0.3, -0.25) is 0 Å². The first-order valence-corrected chi connectivity index (χ1v) is 10.0. The minimum absolute atomic E-state index is 0.0831. The first-order chi connectivity index (χ1) is 13.3. The molecule has 2 heterocycles. The second-order valence-corrected chi connectivity index (χ2v) is 9.89. The minimum Gasteiger partial charge on any atom is -0.233 e. The maximum absolute atomic E-state index is 14.1. The highest BCUT2D eigenvalue weighted by atomic mass is 19.1. The number of aromatic nitrogens is 4. The van der Waals surface area contributed by atoms with Gasteiger partial charge in [0.1, 0.15) is 0 Å². The van der Waals surface area contributed by atoms with E-state index in [1.165, 1.54) is 4.68 Å². The number of hydrogen-bond donors (Lipinski definition) is 0. The van der Waals surface area contributed by atoms with E-state index in [1.54, 1.807) is 13.1 Å². The van der Waals surface area contributed by atoms with Crippen molar-refractivity contribution in [3.05, 3.63) is 53.2 Å². The lowest BCUT2D eigenvalue weighted by atomic mass is 9.86. The number of rotatable bonds is 2. The molecule has 5 heteroatoms. The van der Waals surface area contributed by atoms with Crippen molar-refractivity contribution in [1.82, 2.24) is 14.6 Å². The van der Waals surface area contributed by atoms with Crippen LogP contribution in [0.15, 0.2) is 30.3 Å². The van der Waals surface area contributed by atoms with Gasteiger partial charge < -0.3 is 0 Å². The predicted molar refractivity (Wildman–Crippen MR) is 115 cm³/mol. The van der Waals surface area contributed by atoms with Crippen molar-refractivity contribution < 1.29 is 9.07 Å². The molecule has 0 unspecified atom stereocenters. The lowest BCUT2D eigenvalue weighted by Crippen LogP contribution is -2.39. The molecule has 0 saturated heterocycles. The Kier molecular flexibility index (Phi) is 5.14. The Morgan fingerprint density at radius 1 is 0.897 bits per heavy atom. The van der Waals surface area contributed by atoms with Gasteiger partial charge in [0.2, 0.25) is 5.69 Å². The molecule has 0 amide bonds. The largest absolute Gasteiger partial charge is 0.252 e. The van der Waals surface area contributed by atoms with Crippen LogP contribution in [0.5, 0.6) is 0 Å². The smallest absolute Gasteiger partial charge is 0.233 e. The highest BCUT2D eigenvalue weighted by Crippen LogP contribution is 2.31. The molecule has 1 aromatic carbocycles. The third-order valence-corrected chi connectivity index (χ3v) is 5.40. The van der Waals surface area contributed by atoms with Gasteiger partial charge in [-0.05, 0) is 24.6 Å². The van der Waals surface area contributed by atoms with Crippen molar-refractivity contribution in [3.63, 3.8) is 0 Å². The zero-order valence-electron chi connectivity index (χ0n) is 19.1. The van der Waals surface area contributed by atoms with Crippen LogP contribution in [0.2, 0.25) is 0 Å². The number of aryl methyl sites for hydroxylation is 1. The molecule has 0 aliphatic carbocycles. The number of hydrogen-bond acceptors (Lipinski definition) is 2. The summed E-state index contributed by atoms with van der Waals surface area (Å²) in [4.78, 5) is 9.80. The van der Waals surface area contributed by atoms with Crippen LogP contribution in [-0.4, -0.2) is 14.6 Å². The molecule has 0 saturated carbocycles. The van der Waals surface area contributed by atoms with Crippen molar-refractivity contribution in [2.45, 2.75) is 59.3 Å². The quantitative estimate of drug-likeness (QED) is 0.571. The summed E-state index contributed by atoms with van der Waals surface area (Å²) >= 11 is 0. The second-order valence-electron chi connectivity index (χ2n) is 9.89. The molecule has 3 aromatic rings. The average molecular weight is 396 g/mol. The van der Waals surface area contributed by atoms with Crippen molar-refractivity contribution >= 4 is 0 Å². The van der Waals surface area contributed by atoms with E-state index in [1.807, 2.05) is 24.7 Å². The molecule has 29 heavy (non-hydrogen) atoms. The van der Waals surface area contributed by atoms with Crippen LogP contribution >= 0.6 is 0 Å². The third kappa shape index (κ3) is 4.09. The highest BCUT2D eigenvalue weighted by Gasteiger charge is 2.25. The molecule has 2 aromatic heterocycles. The number of nitrogens with zero attached hydrogens (tertiary/aromatic N) is 4. The van der Waals surface area contributed by atoms with E-state index in [2.05, 4.69) is 59.7 Å². The van der Waals surface area contributed by atoms with Crippen molar-refractivity contribution in [1.29, 1.82) is 0 Å². The van der Waals surface area contributed by atoms with Crippen molar-refractivity contribution in [3.8, 4) is 22.6 Å². The first-order valence-electron chi connectivity index (χ1n) is 10.0. The number of halogens is 1. The van der Waals surface area contributed by atoms with Gasteiger partial charge in [0.05, 0.1) is 30.1 Å². The van der Waals surface area contributed by atoms with Crippen LogP contribution in [-0.2, 0) is 24.9 Å². The van der Waals surface area contributed by atoms with Crippen molar-refractivity contribution in [2.24, 2.45) is 14.1 Å². The van der Waals surface area contributed by atoms with Crippen LogP contribution in [0, 0.1) is 12.9 Å². The lowest BCUT2D eigenvalue weighted by molar-refractivity contribution is -0.743. The van der Waals surface area contributed by atoms with E-state index >= 15 is 0 Å². The van der Waals surface area contributed by atoms with E-state index in [4.69, 9.17) is 9.97 Å². The molecular weight excluding hydrogens is 363 g/mol. The third-order valence-electron chi connectivity index (χ3n) is 5.40. The van der Waals surface area contributed by atoms with Gasteiger partial charge >= 0.3 is 0 Å². The Morgan fingerprint density at radius 2 is 1.45 bits per heavy atom. The van der Waals surface area contributed by atoms with Crippen LogP contribution in [0.25, 0.3) is 22.6 Å². The summed E-state index contributed by atoms with van der Waals surface area (Å²) in [6, 6.07) is 9.86. The van der Waals surface area contributed by atoms with Gasteiger partial charge in [-0.2, -0.15) is 4.39 Å². The molecular formula is C24H32FN4+. The molecule has 0 N–H and O–H groups in total. The normalized spacial score (nSPS) is 12.5. The van der Waals surface area contributed by atoms with Crippen molar-refractivity contribution in [2.75, 3.05) is 0 Å². The molecule has 0 bridgehead atoms. The Hall–Kier alpha value is -2.56. The van der Waals surface area contributed by atoms with E-state index in [0.717, 1.165) is 33.8 Å². The lowest BCUT2D eigenvalue weighted by Gasteiger charge is -2.24. The van der Waals surface area contributed by atoms with E-state index < -0.39 is 0 Å². The summed E-state index contributed by atoms with van der Waals surface area (Å²) in [5.74, 6) is 0.441. The SMILES string of the molecule is Cc1ccc(-c2nc(C(C)(C)C)cc(C(C)(C)C)n2)cc1-c1cc(F)n(C)[n+]1C. The van der Waals surface area contributed by atoms with Crippen LogP contribution in [0.4, 0.5) is 4.39 Å². The monoisotopic (exact) mass is 395 g/mol. The fourth-order valence-electron chi connectivity index (χ4n) is 3.24. The molecule has 0 radical (unpaired) electrons. The van der Waals surface area contributed by atoms with Crippen LogP contribution in [0.1, 0.15) is 58.5 Å². The number of benzene rings is 1. The highest BCUT2D eigenvalue weighted by molar-refractivity contribution is 5.69. The van der Waals surface area contributed by atoms with Gasteiger partial charge in [0.25, 0.3) is 5.95 Å². The van der Waals surface area contributed by atoms with Gasteiger partial charge in [0, 0.05) is 16.4 Å². The van der Waals surface area contributed by atoms with Crippen LogP contribution < -0.4 is 4.68 Å². The Labute approximate surface area is 173 Å². The fraction of sp³-hybridized carbons (Fsp3) is 0.458. The van der Waals surface area contributed by atoms with E-state index in [0.29, 0.717) is 5.82 Å². The van der Waals surface area contributed by atoms with Gasteiger partial charge in [-0.1, -0.05) is 53.7 Å². The van der Waals surface area contributed by atoms with Crippen LogP contribution in [0.3, 0.4) is 0 Å². The van der Waals surface area contributed by atoms with E-state index in [9.17, 15) is 4.39 Å². The summed E-state index contributed by atoms with van der Waals surface area (Å²) in [6.45, 7) is 15.0. The molecule has 0 fully saturated rings. The summed E-state index contributed by atoms with van der Waals surface area (Å²) < 4.78 is 17.4. The summed E-state index contributed by atoms with van der Waals surface area (Å²) in [7, 11) is 3.57. The first kappa shape index (κ1) is 21.2. The summed E-state index contributed by atoms with van der Waals surface area (Å²) in [5, 5.41) is 0. The Morgan fingerprint density at radius 3 is 1.90 bits per heavy atom. The average Bonchev–Trinajstić information content (AvgIpc) is 2.87. The Balaban J connectivity index is 2.23. The second kappa shape index (κ2) is 7.05. The fourth-order valence-corrected chi connectivity index (χ4v) is 3.24. The molecule has 0 atom stereocenters. The Bertz CT molecular complexity index is 1030.